The minimum atomic E-state index is -0.696. The summed E-state index contributed by atoms with van der Waals surface area (Å²) in [7, 11) is 1.88. The predicted octanol–water partition coefficient (Wildman–Crippen LogP) is 4.71. The monoisotopic (exact) mass is 506 g/mol. The normalized spacial score (nSPS) is 11.4. The second-order valence-corrected chi connectivity index (χ2v) is 9.65. The number of carbonyl (C=O) groups excluding carboxylic acids is 1. The van der Waals surface area contributed by atoms with Crippen molar-refractivity contribution >= 4 is 28.7 Å². The average Bonchev–Trinajstić information content (AvgIpc) is 3.57. The van der Waals surface area contributed by atoms with E-state index in [1.807, 2.05) is 46.1 Å². The fourth-order valence-electron chi connectivity index (χ4n) is 3.46. The molecular formula is C25H27ClN8O2. The van der Waals surface area contributed by atoms with Gasteiger partial charge in [-0.05, 0) is 29.7 Å². The number of H-pyrrole nitrogens is 1. The predicted molar refractivity (Wildman–Crippen MR) is 137 cm³/mol. The van der Waals surface area contributed by atoms with E-state index in [0.29, 0.717) is 11.5 Å². The number of benzene rings is 1. The number of aromatic nitrogens is 7. The Morgan fingerprint density at radius 1 is 1.19 bits per heavy atom. The van der Waals surface area contributed by atoms with E-state index >= 15 is 0 Å². The molecular weight excluding hydrogens is 480 g/mol. The molecule has 1 aromatic carbocycles. The Morgan fingerprint density at radius 3 is 2.53 bits per heavy atom. The van der Waals surface area contributed by atoms with E-state index in [4.69, 9.17) is 17.3 Å². The van der Waals surface area contributed by atoms with Crippen molar-refractivity contribution in [2.75, 3.05) is 0 Å². The van der Waals surface area contributed by atoms with Gasteiger partial charge in [-0.25, -0.2) is 9.97 Å². The first kappa shape index (κ1) is 25.1. The zero-order chi connectivity index (χ0) is 26.0. The number of aromatic amines is 1. The minimum absolute atomic E-state index is 0.139. The summed E-state index contributed by atoms with van der Waals surface area (Å²) in [6, 6.07) is 8.14. The molecule has 3 N–H and O–H groups in total. The molecule has 4 aromatic heterocycles. The molecule has 0 fully saturated rings. The van der Waals surface area contributed by atoms with Crippen LogP contribution in [0.5, 0.6) is 0 Å². The second kappa shape index (κ2) is 9.90. The zero-order valence-corrected chi connectivity index (χ0v) is 21.5. The lowest BCUT2D eigenvalue weighted by molar-refractivity contribution is 0.0958. The third-order valence-corrected chi connectivity index (χ3v) is 5.77. The van der Waals surface area contributed by atoms with Gasteiger partial charge >= 0.3 is 11.8 Å². The molecule has 0 radical (unpaired) electrons. The van der Waals surface area contributed by atoms with Crippen molar-refractivity contribution in [2.24, 2.45) is 12.8 Å². The molecule has 0 atom stereocenters. The number of halogens is 1. The average molecular weight is 507 g/mol. The van der Waals surface area contributed by atoms with E-state index in [9.17, 15) is 4.79 Å². The molecule has 10 nitrogen and oxygen atoms in total. The van der Waals surface area contributed by atoms with Gasteiger partial charge in [0, 0.05) is 35.4 Å². The summed E-state index contributed by atoms with van der Waals surface area (Å²) in [4.78, 5) is 26.7. The lowest BCUT2D eigenvalue weighted by atomic mass is 9.96. The van der Waals surface area contributed by atoms with Gasteiger partial charge in [0.25, 0.3) is 0 Å². The second-order valence-electron chi connectivity index (χ2n) is 9.24. The van der Waals surface area contributed by atoms with E-state index in [1.54, 1.807) is 17.1 Å². The van der Waals surface area contributed by atoms with Crippen LogP contribution in [0, 0.1) is 0 Å². The SMILES string of the molecule is CC(C)(C)c1noc(C(N)=O)n1.CCc1ccc(-c2ccnc3nc(-c4cnn(C)c4)[nH]c23)cc1Cl. The topological polar surface area (TPSA) is 141 Å². The van der Waals surface area contributed by atoms with Crippen LogP contribution >= 0.6 is 11.6 Å². The fourth-order valence-corrected chi connectivity index (χ4v) is 3.78. The number of aryl methyl sites for hydroxylation is 2. The molecule has 0 aliphatic rings. The van der Waals surface area contributed by atoms with Crippen LogP contribution in [0.25, 0.3) is 33.7 Å². The van der Waals surface area contributed by atoms with Crippen molar-refractivity contribution in [1.29, 1.82) is 0 Å². The van der Waals surface area contributed by atoms with Gasteiger partial charge in [-0.1, -0.05) is 56.6 Å². The maximum absolute atomic E-state index is 10.6. The van der Waals surface area contributed by atoms with Gasteiger partial charge in [0.15, 0.2) is 11.5 Å². The van der Waals surface area contributed by atoms with E-state index in [0.717, 1.165) is 45.0 Å². The smallest absolute Gasteiger partial charge is 0.315 e. The maximum Gasteiger partial charge on any atom is 0.315 e. The molecule has 5 rings (SSSR count). The molecule has 0 aliphatic carbocycles. The molecule has 0 unspecified atom stereocenters. The Balaban J connectivity index is 0.000000214. The first-order valence-corrected chi connectivity index (χ1v) is 11.7. The van der Waals surface area contributed by atoms with Crippen molar-refractivity contribution in [3.63, 3.8) is 0 Å². The summed E-state index contributed by atoms with van der Waals surface area (Å²) in [5.74, 6) is 0.406. The quantitative estimate of drug-likeness (QED) is 0.359. The Labute approximate surface area is 212 Å². The van der Waals surface area contributed by atoms with Crippen LogP contribution in [0.2, 0.25) is 5.02 Å². The number of pyridine rings is 1. The van der Waals surface area contributed by atoms with Gasteiger partial charge in [-0.2, -0.15) is 10.1 Å². The molecule has 1 amide bonds. The molecule has 0 saturated carbocycles. The Bertz CT molecular complexity index is 1530. The van der Waals surface area contributed by atoms with Crippen molar-refractivity contribution in [3.8, 4) is 22.5 Å². The number of nitrogens with two attached hydrogens (primary N) is 1. The van der Waals surface area contributed by atoms with Crippen molar-refractivity contribution in [2.45, 2.75) is 39.5 Å². The van der Waals surface area contributed by atoms with E-state index in [2.05, 4.69) is 53.8 Å². The highest BCUT2D eigenvalue weighted by Gasteiger charge is 2.22. The maximum atomic E-state index is 10.6. The van der Waals surface area contributed by atoms with Crippen LogP contribution < -0.4 is 5.73 Å². The molecule has 36 heavy (non-hydrogen) atoms. The molecule has 186 valence electrons. The Kier molecular flexibility index (Phi) is 6.89. The van der Waals surface area contributed by atoms with Crippen molar-refractivity contribution in [3.05, 3.63) is 65.2 Å². The highest BCUT2D eigenvalue weighted by molar-refractivity contribution is 6.31. The number of nitrogens with zero attached hydrogens (tertiary/aromatic N) is 6. The summed E-state index contributed by atoms with van der Waals surface area (Å²) in [5, 5.41) is 8.60. The number of carbonyl (C=O) groups is 1. The van der Waals surface area contributed by atoms with Crippen LogP contribution in [-0.2, 0) is 18.9 Å². The first-order valence-electron chi connectivity index (χ1n) is 11.3. The number of fused-ring (bicyclic) bond motifs is 1. The highest BCUT2D eigenvalue weighted by Crippen LogP contribution is 2.31. The summed E-state index contributed by atoms with van der Waals surface area (Å²) in [5.41, 5.74) is 10.5. The van der Waals surface area contributed by atoms with Crippen molar-refractivity contribution < 1.29 is 9.32 Å². The Hall–Kier alpha value is -4.05. The van der Waals surface area contributed by atoms with E-state index in [-0.39, 0.29) is 11.3 Å². The van der Waals surface area contributed by atoms with Crippen LogP contribution in [-0.4, -0.2) is 40.8 Å². The lowest BCUT2D eigenvalue weighted by Crippen LogP contribution is -2.15. The largest absolute Gasteiger partial charge is 0.361 e. The number of amides is 1. The minimum Gasteiger partial charge on any atom is -0.361 e. The van der Waals surface area contributed by atoms with Crippen LogP contribution in [0.1, 0.15) is 49.8 Å². The van der Waals surface area contributed by atoms with Crippen LogP contribution in [0.3, 0.4) is 0 Å². The van der Waals surface area contributed by atoms with Crippen LogP contribution in [0.15, 0.2) is 47.4 Å². The number of primary amides is 1. The third kappa shape index (κ3) is 5.28. The van der Waals surface area contributed by atoms with Gasteiger partial charge < -0.3 is 15.2 Å². The molecule has 11 heteroatoms. The van der Waals surface area contributed by atoms with Gasteiger partial charge in [-0.15, -0.1) is 0 Å². The van der Waals surface area contributed by atoms with Gasteiger partial charge in [-0.3, -0.25) is 9.48 Å². The summed E-state index contributed by atoms with van der Waals surface area (Å²) in [6.45, 7) is 7.86. The number of hydrogen-bond acceptors (Lipinski definition) is 7. The molecule has 0 spiro atoms. The lowest BCUT2D eigenvalue weighted by Gasteiger charge is -2.10. The Morgan fingerprint density at radius 2 is 1.97 bits per heavy atom. The van der Waals surface area contributed by atoms with Crippen LogP contribution in [0.4, 0.5) is 0 Å². The summed E-state index contributed by atoms with van der Waals surface area (Å²) >= 11 is 6.38. The molecule has 5 aromatic rings. The van der Waals surface area contributed by atoms with Crippen molar-refractivity contribution in [1.82, 2.24) is 34.9 Å². The number of rotatable bonds is 4. The van der Waals surface area contributed by atoms with Gasteiger partial charge in [0.1, 0.15) is 5.82 Å². The molecule has 4 heterocycles. The first-order chi connectivity index (χ1) is 17.1. The zero-order valence-electron chi connectivity index (χ0n) is 20.7. The number of nitrogens with one attached hydrogen (secondary N) is 1. The molecule has 0 bridgehead atoms. The third-order valence-electron chi connectivity index (χ3n) is 5.42. The number of hydrogen-bond donors (Lipinski definition) is 2. The summed E-state index contributed by atoms with van der Waals surface area (Å²) < 4.78 is 6.37. The van der Waals surface area contributed by atoms with E-state index < -0.39 is 5.91 Å². The van der Waals surface area contributed by atoms with Gasteiger partial charge in [0.2, 0.25) is 0 Å². The molecule has 0 aliphatic heterocycles. The highest BCUT2D eigenvalue weighted by atomic mass is 35.5. The summed E-state index contributed by atoms with van der Waals surface area (Å²) in [6.07, 6.45) is 6.39. The standard InChI is InChI=1S/C18H16ClN5.C7H11N3O2/c1-3-11-4-5-12(8-15(11)19)14-6-7-20-18-16(14)22-17(23-18)13-9-21-24(2)10-13;1-7(2,3)6-9-5(4(8)11)12-10-6/h4-10H,3H2,1-2H3,(H,20,22,23);1-3H3,(H2,8,11). The number of imidazole rings is 1. The fraction of sp³-hybridized carbons (Fsp3) is 0.280. The van der Waals surface area contributed by atoms with E-state index in [1.165, 1.54) is 0 Å². The van der Waals surface area contributed by atoms with Gasteiger partial charge in [0.05, 0.1) is 17.3 Å². The molecule has 0 saturated heterocycles.